The monoisotopic (exact) mass is 621 g/mol. The molecule has 0 radical (unpaired) electrons. The fourth-order valence-electron chi connectivity index (χ4n) is 6.13. The van der Waals surface area contributed by atoms with Crippen LogP contribution in [-0.2, 0) is 16.1 Å². The molecule has 5 rings (SSSR count). The predicted octanol–water partition coefficient (Wildman–Crippen LogP) is 6.03. The van der Waals surface area contributed by atoms with Crippen LogP contribution < -0.4 is 0 Å². The summed E-state index contributed by atoms with van der Waals surface area (Å²) in [6, 6.07) is 18.9. The Morgan fingerprint density at radius 3 is 2.60 bits per heavy atom. The van der Waals surface area contributed by atoms with Crippen molar-refractivity contribution in [2.75, 3.05) is 6.61 Å². The molecule has 40 heavy (non-hydrogen) atoms. The van der Waals surface area contributed by atoms with E-state index in [1.807, 2.05) is 66.9 Å². The van der Waals surface area contributed by atoms with Gasteiger partial charge >= 0.3 is 0 Å². The summed E-state index contributed by atoms with van der Waals surface area (Å²) in [5.41, 5.74) is 4.10. The van der Waals surface area contributed by atoms with Crippen LogP contribution in [0.4, 0.5) is 0 Å². The van der Waals surface area contributed by atoms with E-state index in [1.54, 1.807) is 12.1 Å². The maximum absolute atomic E-state index is 13.5. The zero-order chi connectivity index (χ0) is 28.4. The summed E-state index contributed by atoms with van der Waals surface area (Å²) in [5.74, 6) is -2.11. The third-order valence-corrected chi connectivity index (χ3v) is 9.37. The molecule has 1 aliphatic carbocycles. The number of aromatic hydroxyl groups is 1. The number of allylic oxidation sites excluding steroid dienone is 2. The fraction of sp³-hybridized carbons (Fsp3) is 0.312. The number of amides is 2. The molecule has 1 fully saturated rings. The Morgan fingerprint density at radius 1 is 1.12 bits per heavy atom. The van der Waals surface area contributed by atoms with E-state index >= 15 is 0 Å². The number of rotatable bonds is 9. The lowest BCUT2D eigenvalue weighted by Gasteiger charge is -2.35. The van der Waals surface area contributed by atoms with Crippen molar-refractivity contribution in [3.8, 4) is 5.75 Å². The van der Waals surface area contributed by atoms with Crippen LogP contribution in [0.2, 0.25) is 0 Å². The molecule has 2 aliphatic rings. The van der Waals surface area contributed by atoms with Crippen molar-refractivity contribution < 1.29 is 24.9 Å². The van der Waals surface area contributed by atoms with Gasteiger partial charge in [-0.15, -0.1) is 11.3 Å². The number of likely N-dealkylation sites (tertiary alicyclic amines) is 1. The lowest BCUT2D eigenvalue weighted by atomic mass is 9.68. The van der Waals surface area contributed by atoms with Crippen molar-refractivity contribution in [1.82, 2.24) is 4.90 Å². The Balaban J connectivity index is 1.39. The molecule has 0 unspecified atom stereocenters. The summed E-state index contributed by atoms with van der Waals surface area (Å²) in [6.07, 6.45) is 2.28. The number of fused-ring (bicyclic) bond motifs is 1. The lowest BCUT2D eigenvalue weighted by Crippen LogP contribution is -2.38. The molecule has 1 aromatic heterocycles. The minimum Gasteiger partial charge on any atom is -0.507 e. The SMILES string of the molecule is CC1=C([C@H](O)CC/C(=C/c2cc(Br)ccc2O)c2ccccc2)[C@H](CO)[C@@H]2C(=O)N(Cc3cccs3)C(=O)[C@@H]2C1. The highest BCUT2D eigenvalue weighted by Crippen LogP contribution is 2.46. The number of phenols is 1. The van der Waals surface area contributed by atoms with E-state index in [0.29, 0.717) is 30.4 Å². The van der Waals surface area contributed by atoms with Gasteiger partial charge in [0, 0.05) is 20.8 Å². The van der Waals surface area contributed by atoms with Crippen LogP contribution in [0.5, 0.6) is 5.75 Å². The molecule has 0 bridgehead atoms. The Bertz CT molecular complexity index is 1450. The number of phenolic OH excluding ortho intramolecular Hbond substituents is 1. The second-order valence-corrected chi connectivity index (χ2v) is 12.4. The van der Waals surface area contributed by atoms with Crippen LogP contribution in [-0.4, -0.2) is 44.7 Å². The van der Waals surface area contributed by atoms with E-state index in [0.717, 1.165) is 26.1 Å². The molecule has 0 saturated carbocycles. The molecule has 1 aliphatic heterocycles. The predicted molar refractivity (Wildman–Crippen MR) is 160 cm³/mol. The van der Waals surface area contributed by atoms with Crippen LogP contribution in [0, 0.1) is 17.8 Å². The summed E-state index contributed by atoms with van der Waals surface area (Å²) < 4.78 is 0.844. The Kier molecular flexibility index (Phi) is 8.71. The van der Waals surface area contributed by atoms with Crippen LogP contribution in [0.25, 0.3) is 11.6 Å². The number of thiophene rings is 1. The number of benzene rings is 2. The van der Waals surface area contributed by atoms with E-state index in [1.165, 1.54) is 16.2 Å². The van der Waals surface area contributed by atoms with Gasteiger partial charge in [-0.05, 0) is 78.6 Å². The summed E-state index contributed by atoms with van der Waals surface area (Å²) in [7, 11) is 0. The van der Waals surface area contributed by atoms with Crippen molar-refractivity contribution >= 4 is 50.7 Å². The van der Waals surface area contributed by atoms with Gasteiger partial charge in [0.15, 0.2) is 0 Å². The molecule has 3 N–H and O–H groups in total. The van der Waals surface area contributed by atoms with Gasteiger partial charge in [-0.3, -0.25) is 14.5 Å². The average molecular weight is 623 g/mol. The largest absolute Gasteiger partial charge is 0.507 e. The first-order valence-electron chi connectivity index (χ1n) is 13.4. The molecule has 2 heterocycles. The van der Waals surface area contributed by atoms with Crippen molar-refractivity contribution in [2.45, 2.75) is 38.8 Å². The number of hydrogen-bond donors (Lipinski definition) is 3. The minimum absolute atomic E-state index is 0.158. The number of carbonyl (C=O) groups is 2. The van der Waals surface area contributed by atoms with Gasteiger partial charge in [-0.25, -0.2) is 0 Å². The van der Waals surface area contributed by atoms with E-state index in [2.05, 4.69) is 15.9 Å². The molecule has 2 amide bonds. The van der Waals surface area contributed by atoms with Gasteiger partial charge < -0.3 is 15.3 Å². The van der Waals surface area contributed by atoms with E-state index in [9.17, 15) is 24.9 Å². The van der Waals surface area contributed by atoms with E-state index in [-0.39, 0.29) is 30.7 Å². The zero-order valence-electron chi connectivity index (χ0n) is 22.2. The minimum atomic E-state index is -0.893. The molecule has 4 atom stereocenters. The first-order chi connectivity index (χ1) is 19.3. The zero-order valence-corrected chi connectivity index (χ0v) is 24.6. The molecular formula is C32H32BrNO5S. The molecule has 6 nitrogen and oxygen atoms in total. The normalized spacial score (nSPS) is 22.1. The molecule has 8 heteroatoms. The Labute approximate surface area is 246 Å². The van der Waals surface area contributed by atoms with Gasteiger partial charge in [-0.1, -0.05) is 57.9 Å². The maximum Gasteiger partial charge on any atom is 0.234 e. The summed E-state index contributed by atoms with van der Waals surface area (Å²) in [4.78, 5) is 29.0. The molecule has 1 saturated heterocycles. The summed E-state index contributed by atoms with van der Waals surface area (Å²) in [6.45, 7) is 1.82. The number of aliphatic hydroxyl groups is 2. The van der Waals surface area contributed by atoms with Crippen LogP contribution in [0.1, 0.15) is 42.2 Å². The van der Waals surface area contributed by atoms with Crippen LogP contribution in [0.3, 0.4) is 0 Å². The van der Waals surface area contributed by atoms with Crippen molar-refractivity contribution in [1.29, 1.82) is 0 Å². The van der Waals surface area contributed by atoms with Crippen LogP contribution in [0.15, 0.2) is 81.7 Å². The Morgan fingerprint density at radius 2 is 1.90 bits per heavy atom. The summed E-state index contributed by atoms with van der Waals surface area (Å²) in [5, 5.41) is 34.3. The highest BCUT2D eigenvalue weighted by atomic mass is 79.9. The maximum atomic E-state index is 13.5. The van der Waals surface area contributed by atoms with Crippen LogP contribution >= 0.6 is 27.3 Å². The number of halogens is 1. The van der Waals surface area contributed by atoms with Crippen molar-refractivity contribution in [3.63, 3.8) is 0 Å². The average Bonchev–Trinajstić information content (AvgIpc) is 3.55. The number of hydrogen-bond acceptors (Lipinski definition) is 6. The molecule has 208 valence electrons. The quantitative estimate of drug-likeness (QED) is 0.154. The number of nitrogens with zero attached hydrogens (tertiary/aromatic N) is 1. The second-order valence-electron chi connectivity index (χ2n) is 10.5. The molecule has 2 aromatic carbocycles. The first-order valence-corrected chi connectivity index (χ1v) is 15.1. The number of aliphatic hydroxyl groups excluding tert-OH is 2. The van der Waals surface area contributed by atoms with Crippen molar-refractivity contribution in [3.05, 3.63) is 97.7 Å². The van der Waals surface area contributed by atoms with Crippen molar-refractivity contribution in [2.24, 2.45) is 17.8 Å². The summed E-state index contributed by atoms with van der Waals surface area (Å²) >= 11 is 4.96. The number of imide groups is 1. The highest BCUT2D eigenvalue weighted by molar-refractivity contribution is 9.10. The fourth-order valence-corrected chi connectivity index (χ4v) is 7.20. The van der Waals surface area contributed by atoms with Gasteiger partial charge in [0.2, 0.25) is 11.8 Å². The lowest BCUT2D eigenvalue weighted by molar-refractivity contribution is -0.140. The number of carbonyl (C=O) groups excluding carboxylic acids is 2. The Hall–Kier alpha value is -3.04. The standard InChI is InChI=1S/C32H32BrNO5S/c1-19-14-25-30(32(39)34(31(25)38)17-24-8-5-13-40-24)26(18-35)29(19)28(37)11-9-21(20-6-3-2-4-7-20)15-22-16-23(33)10-12-27(22)36/h2-8,10,12-13,15-16,25-26,28,30,35-37H,9,11,14,17-18H2,1H3/b21-15-/t25-,26+,28-,30-/m1/s1. The van der Waals surface area contributed by atoms with Gasteiger partial charge in [0.05, 0.1) is 31.1 Å². The van der Waals surface area contributed by atoms with Gasteiger partial charge in [0.1, 0.15) is 5.75 Å². The second kappa shape index (κ2) is 12.2. The molecule has 0 spiro atoms. The topological polar surface area (TPSA) is 98.1 Å². The van der Waals surface area contributed by atoms with Gasteiger partial charge in [-0.2, -0.15) is 0 Å². The van der Waals surface area contributed by atoms with E-state index < -0.39 is 23.9 Å². The smallest absolute Gasteiger partial charge is 0.234 e. The van der Waals surface area contributed by atoms with E-state index in [4.69, 9.17) is 0 Å². The molecular weight excluding hydrogens is 590 g/mol. The molecule has 3 aromatic rings. The highest BCUT2D eigenvalue weighted by Gasteiger charge is 2.54. The van der Waals surface area contributed by atoms with Gasteiger partial charge in [0.25, 0.3) is 0 Å². The third kappa shape index (κ3) is 5.72. The first kappa shape index (κ1) is 28.5. The third-order valence-electron chi connectivity index (χ3n) is 8.02.